The summed E-state index contributed by atoms with van der Waals surface area (Å²) < 4.78 is 12.6. The van der Waals surface area contributed by atoms with Gasteiger partial charge in [-0.3, -0.25) is 0 Å². The lowest BCUT2D eigenvalue weighted by molar-refractivity contribution is 0.688. The van der Waals surface area contributed by atoms with Gasteiger partial charge >= 0.3 is 0 Å². The molecule has 0 fully saturated rings. The molecule has 23 heavy (non-hydrogen) atoms. The number of benzene rings is 2. The van der Waals surface area contributed by atoms with Gasteiger partial charge < -0.3 is 0 Å². The summed E-state index contributed by atoms with van der Waals surface area (Å²) in [6.45, 7) is 6.32. The third-order valence-corrected chi connectivity index (χ3v) is 6.02. The number of aryl methyl sites for hydroxylation is 2. The highest BCUT2D eigenvalue weighted by atomic mass is 32.2. The van der Waals surface area contributed by atoms with Crippen LogP contribution >= 0.6 is 11.8 Å². The first-order valence-corrected chi connectivity index (χ1v) is 10.0. The fourth-order valence-corrected chi connectivity index (χ4v) is 4.28. The van der Waals surface area contributed by atoms with Gasteiger partial charge in [-0.05, 0) is 55.9 Å². The molecular formula is C20H24OS2. The highest BCUT2D eigenvalue weighted by molar-refractivity contribution is 8.03. The van der Waals surface area contributed by atoms with Crippen LogP contribution in [0.4, 0.5) is 0 Å². The molecule has 0 N–H and O–H groups in total. The lowest BCUT2D eigenvalue weighted by Gasteiger charge is -2.08. The monoisotopic (exact) mass is 344 g/mol. The Morgan fingerprint density at radius 2 is 1.57 bits per heavy atom. The van der Waals surface area contributed by atoms with E-state index >= 15 is 0 Å². The van der Waals surface area contributed by atoms with E-state index in [2.05, 4.69) is 38.1 Å². The first-order chi connectivity index (χ1) is 11.1. The van der Waals surface area contributed by atoms with Crippen molar-refractivity contribution in [2.75, 3.05) is 0 Å². The molecule has 0 aliphatic heterocycles. The Labute approximate surface area is 146 Å². The van der Waals surface area contributed by atoms with Crippen molar-refractivity contribution in [3.63, 3.8) is 0 Å². The Hall–Kier alpha value is -1.32. The van der Waals surface area contributed by atoms with Crippen LogP contribution in [-0.2, 0) is 10.8 Å². The number of hydrogen-bond donors (Lipinski definition) is 0. The topological polar surface area (TPSA) is 17.1 Å². The smallest absolute Gasteiger partial charge is 0.0784 e. The number of allylic oxidation sites excluding steroid dienone is 1. The summed E-state index contributed by atoms with van der Waals surface area (Å²) in [4.78, 5) is 3.27. The molecule has 1 atom stereocenters. The molecule has 1 nitrogen and oxygen atoms in total. The van der Waals surface area contributed by atoms with Gasteiger partial charge in [-0.2, -0.15) is 0 Å². The van der Waals surface area contributed by atoms with Crippen LogP contribution in [-0.4, -0.2) is 4.21 Å². The highest BCUT2D eigenvalue weighted by Crippen LogP contribution is 2.31. The molecule has 0 saturated heterocycles. The number of hydrogen-bond acceptors (Lipinski definition) is 2. The van der Waals surface area contributed by atoms with Crippen LogP contribution in [0.3, 0.4) is 0 Å². The Balaban J connectivity index is 2.17. The van der Waals surface area contributed by atoms with Crippen LogP contribution in [0.2, 0.25) is 0 Å². The molecule has 0 radical (unpaired) electrons. The summed E-state index contributed by atoms with van der Waals surface area (Å²) in [7, 11) is -1.09. The van der Waals surface area contributed by atoms with Crippen molar-refractivity contribution in [3.05, 3.63) is 70.0 Å². The zero-order valence-corrected chi connectivity index (χ0v) is 15.7. The van der Waals surface area contributed by atoms with Gasteiger partial charge in [0, 0.05) is 15.2 Å². The first-order valence-electron chi connectivity index (χ1n) is 8.01. The predicted molar refractivity (Wildman–Crippen MR) is 102 cm³/mol. The van der Waals surface area contributed by atoms with Gasteiger partial charge in [0.2, 0.25) is 0 Å². The summed E-state index contributed by atoms with van der Waals surface area (Å²) in [5.74, 6) is 0. The predicted octanol–water partition coefficient (Wildman–Crippen LogP) is 6.23. The van der Waals surface area contributed by atoms with E-state index in [1.165, 1.54) is 20.9 Å². The van der Waals surface area contributed by atoms with E-state index in [-0.39, 0.29) is 0 Å². The van der Waals surface area contributed by atoms with Gasteiger partial charge in [0.15, 0.2) is 0 Å². The molecule has 2 rings (SSSR count). The van der Waals surface area contributed by atoms with E-state index in [4.69, 9.17) is 0 Å². The van der Waals surface area contributed by atoms with E-state index in [1.807, 2.05) is 36.6 Å². The van der Waals surface area contributed by atoms with E-state index in [1.54, 1.807) is 11.8 Å². The summed E-state index contributed by atoms with van der Waals surface area (Å²) in [6.07, 6.45) is 3.24. The van der Waals surface area contributed by atoms with Crippen molar-refractivity contribution < 1.29 is 4.21 Å². The van der Waals surface area contributed by atoms with Crippen molar-refractivity contribution in [3.8, 4) is 0 Å². The molecule has 0 aliphatic rings. The molecule has 0 bridgehead atoms. The first kappa shape index (κ1) is 18.0. The SMILES string of the molecule is CCCC/C(=C/S(=O)c1ccc(C)cc1)Sc1ccc(C)cc1. The molecule has 0 spiro atoms. The Morgan fingerprint density at radius 1 is 1.00 bits per heavy atom. The quantitative estimate of drug-likeness (QED) is 0.553. The number of thioether (sulfide) groups is 1. The summed E-state index contributed by atoms with van der Waals surface area (Å²) in [6, 6.07) is 16.4. The average molecular weight is 345 g/mol. The van der Waals surface area contributed by atoms with Crippen molar-refractivity contribution >= 4 is 22.6 Å². The second-order valence-corrected chi connectivity index (χ2v) is 8.22. The zero-order valence-electron chi connectivity index (χ0n) is 14.0. The fraction of sp³-hybridized carbons (Fsp3) is 0.300. The van der Waals surface area contributed by atoms with Crippen LogP contribution in [0, 0.1) is 13.8 Å². The minimum absolute atomic E-state index is 0.870. The molecule has 0 aromatic heterocycles. The van der Waals surface area contributed by atoms with Crippen molar-refractivity contribution in [2.24, 2.45) is 0 Å². The molecule has 0 heterocycles. The van der Waals surface area contributed by atoms with E-state index in [9.17, 15) is 4.21 Å². The maximum absolute atomic E-state index is 12.6. The Kier molecular flexibility index (Phi) is 7.13. The largest absolute Gasteiger partial charge is 0.250 e. The lowest BCUT2D eigenvalue weighted by Crippen LogP contribution is -1.90. The maximum atomic E-state index is 12.6. The molecule has 3 heteroatoms. The average Bonchev–Trinajstić information content (AvgIpc) is 2.55. The summed E-state index contributed by atoms with van der Waals surface area (Å²) >= 11 is 1.73. The summed E-state index contributed by atoms with van der Waals surface area (Å²) in [5, 5.41) is 1.92. The van der Waals surface area contributed by atoms with E-state index in [0.29, 0.717) is 0 Å². The lowest BCUT2D eigenvalue weighted by atomic mass is 10.2. The van der Waals surface area contributed by atoms with Gasteiger partial charge in [0.1, 0.15) is 0 Å². The molecule has 2 aromatic carbocycles. The Bertz CT molecular complexity index is 670. The van der Waals surface area contributed by atoms with Crippen LogP contribution in [0.5, 0.6) is 0 Å². The van der Waals surface area contributed by atoms with Crippen LogP contribution in [0.1, 0.15) is 37.3 Å². The van der Waals surface area contributed by atoms with Gasteiger partial charge in [-0.1, -0.05) is 60.5 Å². The van der Waals surface area contributed by atoms with Crippen molar-refractivity contribution in [2.45, 2.75) is 49.8 Å². The van der Waals surface area contributed by atoms with Crippen molar-refractivity contribution in [1.82, 2.24) is 0 Å². The molecule has 122 valence electrons. The molecule has 1 unspecified atom stereocenters. The van der Waals surface area contributed by atoms with Gasteiger partial charge in [0.05, 0.1) is 10.8 Å². The minimum Gasteiger partial charge on any atom is -0.250 e. The maximum Gasteiger partial charge on any atom is 0.0784 e. The highest BCUT2D eigenvalue weighted by Gasteiger charge is 2.06. The second-order valence-electron chi connectivity index (χ2n) is 5.71. The standard InChI is InChI=1S/C20H24OS2/c1-4-5-6-19(22-18-11-7-16(2)8-12-18)15-23(21)20-13-9-17(3)10-14-20/h7-15H,4-6H2,1-3H3/b19-15-. The molecule has 2 aromatic rings. The van der Waals surface area contributed by atoms with Crippen LogP contribution in [0.25, 0.3) is 0 Å². The number of rotatable bonds is 7. The zero-order chi connectivity index (χ0) is 16.7. The third kappa shape index (κ3) is 6.00. The van der Waals surface area contributed by atoms with E-state index < -0.39 is 10.8 Å². The second kappa shape index (κ2) is 9.09. The molecule has 0 amide bonds. The third-order valence-electron chi connectivity index (χ3n) is 3.54. The Morgan fingerprint density at radius 3 is 2.13 bits per heavy atom. The van der Waals surface area contributed by atoms with Crippen LogP contribution in [0.15, 0.2) is 68.6 Å². The van der Waals surface area contributed by atoms with Gasteiger partial charge in [-0.15, -0.1) is 0 Å². The van der Waals surface area contributed by atoms with Crippen LogP contribution < -0.4 is 0 Å². The fourth-order valence-electron chi connectivity index (χ4n) is 2.10. The van der Waals surface area contributed by atoms with E-state index in [0.717, 1.165) is 24.2 Å². The van der Waals surface area contributed by atoms with Gasteiger partial charge in [-0.25, -0.2) is 4.21 Å². The van der Waals surface area contributed by atoms with Crippen molar-refractivity contribution in [1.29, 1.82) is 0 Å². The summed E-state index contributed by atoms with van der Waals surface area (Å²) in [5.41, 5.74) is 2.45. The van der Waals surface area contributed by atoms with Gasteiger partial charge in [0.25, 0.3) is 0 Å². The minimum atomic E-state index is -1.09. The number of unbranched alkanes of at least 4 members (excludes halogenated alkanes) is 1. The molecular weight excluding hydrogens is 320 g/mol. The molecule has 0 saturated carbocycles. The molecule has 0 aliphatic carbocycles. The normalized spacial score (nSPS) is 13.1.